The molecule has 3 radical (unpaired) electrons. The molecule has 0 unspecified atom stereocenters. The normalized spacial score (nSPS) is 25.3. The topological polar surface area (TPSA) is 80.6 Å². The maximum Gasteiger partial charge on any atom is 0.243 e. The van der Waals surface area contributed by atoms with Crippen molar-refractivity contribution in [1.82, 2.24) is 10.2 Å². The molecule has 0 bridgehead atoms. The molecule has 22 heavy (non-hydrogen) atoms. The van der Waals surface area contributed by atoms with Crippen molar-refractivity contribution in [3.8, 4) is 0 Å². The van der Waals surface area contributed by atoms with Crippen molar-refractivity contribution in [2.24, 2.45) is 5.92 Å². The standard InChI is InChI=1S/C14H21BN3O3.Y/c1-3-10-6-11(18(8-10)12(20)7-16-15)13(21)17-14(4-5-14)9(2)19;/h10-11H,3-8H2,1-2H3,(H,17,21);/q-1;/t10-,11+;/m1./s1. The van der Waals surface area contributed by atoms with Crippen LogP contribution in [0.1, 0.15) is 39.5 Å². The van der Waals surface area contributed by atoms with Gasteiger partial charge in [-0.2, -0.15) is 0 Å². The molecule has 1 N–H and O–H groups in total. The fraction of sp³-hybridized carbons (Fsp3) is 0.786. The maximum absolute atomic E-state index is 12.5. The fourth-order valence-electron chi connectivity index (χ4n) is 2.92. The first-order chi connectivity index (χ1) is 9.93. The Morgan fingerprint density at radius 3 is 2.45 bits per heavy atom. The van der Waals surface area contributed by atoms with Crippen molar-refractivity contribution in [3.63, 3.8) is 0 Å². The molecule has 117 valence electrons. The van der Waals surface area contributed by atoms with Crippen LogP contribution in [0.15, 0.2) is 0 Å². The van der Waals surface area contributed by atoms with E-state index in [2.05, 4.69) is 10.5 Å². The molecular weight excluding hydrogens is 358 g/mol. The van der Waals surface area contributed by atoms with Gasteiger partial charge < -0.3 is 15.4 Å². The van der Waals surface area contributed by atoms with Gasteiger partial charge in [0.25, 0.3) is 0 Å². The van der Waals surface area contributed by atoms with Crippen LogP contribution >= 0.6 is 0 Å². The summed E-state index contributed by atoms with van der Waals surface area (Å²) < 4.78 is 0. The average molecular weight is 379 g/mol. The Kier molecular flexibility index (Phi) is 7.21. The number of rotatable bonds is 6. The number of likely N-dealkylation sites (tertiary alicyclic amines) is 1. The van der Waals surface area contributed by atoms with Crippen molar-refractivity contribution in [1.29, 1.82) is 0 Å². The third-order valence-electron chi connectivity index (χ3n) is 4.60. The van der Waals surface area contributed by atoms with Gasteiger partial charge in [-0.3, -0.25) is 14.4 Å². The van der Waals surface area contributed by atoms with E-state index in [-0.39, 0.29) is 56.9 Å². The molecule has 2 rings (SSSR count). The average Bonchev–Trinajstić information content (AvgIpc) is 3.09. The zero-order valence-corrected chi connectivity index (χ0v) is 16.0. The minimum atomic E-state index is -0.686. The number of nitrogens with one attached hydrogen (secondary N) is 1. The minimum Gasteiger partial charge on any atom is -0.693 e. The number of nitrogens with zero attached hydrogens (tertiary/aromatic N) is 2. The number of carbonyl (C=O) groups is 3. The van der Waals surface area contributed by atoms with Gasteiger partial charge in [0.15, 0.2) is 5.78 Å². The first-order valence-electron chi connectivity index (χ1n) is 7.42. The molecule has 1 aliphatic heterocycles. The molecule has 6 nitrogen and oxygen atoms in total. The number of Topliss-reactive ketones (excluding diaryl/α,β-unsaturated/α-hetero) is 1. The van der Waals surface area contributed by atoms with Crippen LogP contribution in [0.25, 0.3) is 5.23 Å². The maximum atomic E-state index is 12.5. The summed E-state index contributed by atoms with van der Waals surface area (Å²) in [5.74, 6) is -0.184. The van der Waals surface area contributed by atoms with Gasteiger partial charge in [-0.05, 0) is 32.1 Å². The number of carbonyl (C=O) groups excluding carboxylic acids is 3. The molecule has 0 aromatic carbocycles. The van der Waals surface area contributed by atoms with E-state index in [1.54, 1.807) is 4.90 Å². The van der Waals surface area contributed by atoms with Gasteiger partial charge >= 0.3 is 0 Å². The molecule has 1 saturated heterocycles. The van der Waals surface area contributed by atoms with E-state index in [0.29, 0.717) is 31.7 Å². The Balaban J connectivity index is 0.00000242. The minimum absolute atomic E-state index is 0. The van der Waals surface area contributed by atoms with Gasteiger partial charge in [-0.25, -0.2) is 0 Å². The van der Waals surface area contributed by atoms with Crippen LogP contribution in [-0.2, 0) is 47.1 Å². The van der Waals surface area contributed by atoms with Crippen molar-refractivity contribution >= 4 is 25.6 Å². The second kappa shape index (κ2) is 8.02. The van der Waals surface area contributed by atoms with Crippen LogP contribution in [0, 0.1) is 5.92 Å². The molecule has 8 heteroatoms. The quantitative estimate of drug-likeness (QED) is 0.675. The predicted octanol–water partition coefficient (Wildman–Crippen LogP) is 0.306. The van der Waals surface area contributed by atoms with Crippen LogP contribution in [-0.4, -0.2) is 55.1 Å². The number of hydrogen-bond acceptors (Lipinski definition) is 3. The first-order valence-corrected chi connectivity index (χ1v) is 7.42. The van der Waals surface area contributed by atoms with Crippen molar-refractivity contribution in [2.75, 3.05) is 13.1 Å². The Morgan fingerprint density at radius 2 is 2.00 bits per heavy atom. The molecule has 1 aliphatic carbocycles. The van der Waals surface area contributed by atoms with E-state index in [0.717, 1.165) is 6.42 Å². The third-order valence-corrected chi connectivity index (χ3v) is 4.60. The molecular formula is C14H21BN3O3Y-. The van der Waals surface area contributed by atoms with Crippen LogP contribution in [0.2, 0.25) is 0 Å². The van der Waals surface area contributed by atoms with Crippen LogP contribution < -0.4 is 5.32 Å². The van der Waals surface area contributed by atoms with E-state index in [9.17, 15) is 14.4 Å². The van der Waals surface area contributed by atoms with E-state index >= 15 is 0 Å². The van der Waals surface area contributed by atoms with Gasteiger partial charge in [0.2, 0.25) is 11.8 Å². The zero-order valence-electron chi connectivity index (χ0n) is 13.2. The Labute approximate surface area is 157 Å². The summed E-state index contributed by atoms with van der Waals surface area (Å²) in [4.78, 5) is 37.7. The SMILES string of the molecule is [B][N-]CC(=O)N1C[C@H](CC)C[C@H]1C(=O)NC1(C(C)=O)CC1.[Y]. The molecule has 0 spiro atoms. The number of hydrogen-bond donors (Lipinski definition) is 1. The Bertz CT molecular complexity index is 457. The summed E-state index contributed by atoms with van der Waals surface area (Å²) >= 11 is 0. The van der Waals surface area contributed by atoms with Crippen LogP contribution in [0.4, 0.5) is 0 Å². The van der Waals surface area contributed by atoms with Gasteiger partial charge in [0, 0.05) is 39.3 Å². The van der Waals surface area contributed by atoms with Gasteiger partial charge in [0.05, 0.1) is 5.54 Å². The zero-order chi connectivity index (χ0) is 15.6. The summed E-state index contributed by atoms with van der Waals surface area (Å²) in [6.45, 7) is 3.97. The van der Waals surface area contributed by atoms with Gasteiger partial charge in [0.1, 0.15) is 6.04 Å². The monoisotopic (exact) mass is 379 g/mol. The van der Waals surface area contributed by atoms with Crippen molar-refractivity contribution in [2.45, 2.75) is 51.1 Å². The largest absolute Gasteiger partial charge is 0.693 e. The summed E-state index contributed by atoms with van der Waals surface area (Å²) in [7, 11) is 5.07. The fourth-order valence-corrected chi connectivity index (χ4v) is 2.92. The smallest absolute Gasteiger partial charge is 0.243 e. The summed E-state index contributed by atoms with van der Waals surface area (Å²) in [6.07, 6.45) is 2.91. The van der Waals surface area contributed by atoms with Crippen LogP contribution in [0.5, 0.6) is 0 Å². The van der Waals surface area contributed by atoms with E-state index in [4.69, 9.17) is 7.98 Å². The molecule has 2 aliphatic rings. The van der Waals surface area contributed by atoms with Gasteiger partial charge in [-0.15, -0.1) is 7.98 Å². The van der Waals surface area contributed by atoms with Gasteiger partial charge in [-0.1, -0.05) is 19.9 Å². The molecule has 2 atom stereocenters. The Morgan fingerprint density at radius 1 is 1.36 bits per heavy atom. The number of amides is 2. The van der Waals surface area contributed by atoms with E-state index < -0.39 is 11.6 Å². The molecule has 2 amide bonds. The molecule has 0 aromatic heterocycles. The second-order valence-corrected chi connectivity index (χ2v) is 6.04. The summed E-state index contributed by atoms with van der Waals surface area (Å²) in [5, 5.41) is 6.20. The molecule has 1 saturated carbocycles. The molecule has 2 fully saturated rings. The predicted molar refractivity (Wildman–Crippen MR) is 78.7 cm³/mol. The summed E-state index contributed by atoms with van der Waals surface area (Å²) in [5.41, 5.74) is -0.686. The molecule has 0 aromatic rings. The van der Waals surface area contributed by atoms with Crippen molar-refractivity contribution < 1.29 is 47.1 Å². The Hall–Kier alpha value is -0.261. The van der Waals surface area contributed by atoms with Crippen LogP contribution in [0.3, 0.4) is 0 Å². The number of ketones is 1. The van der Waals surface area contributed by atoms with E-state index in [1.165, 1.54) is 6.92 Å². The summed E-state index contributed by atoms with van der Waals surface area (Å²) in [6, 6.07) is -0.513. The third kappa shape index (κ3) is 4.18. The first kappa shape index (κ1) is 19.8. The second-order valence-electron chi connectivity index (χ2n) is 6.04. The van der Waals surface area contributed by atoms with E-state index in [1.807, 2.05) is 6.92 Å². The van der Waals surface area contributed by atoms with Crippen molar-refractivity contribution in [3.05, 3.63) is 5.23 Å². The molecule has 1 heterocycles.